The minimum Gasteiger partial charge on any atom is -0.375 e. The molecular formula is C12H12F3NO2. The van der Waals surface area contributed by atoms with E-state index in [-0.39, 0.29) is 12.2 Å². The van der Waals surface area contributed by atoms with Crippen LogP contribution in [-0.4, -0.2) is 19.6 Å². The first-order valence-electron chi connectivity index (χ1n) is 5.43. The van der Waals surface area contributed by atoms with Crippen molar-refractivity contribution in [1.29, 1.82) is 0 Å². The fourth-order valence-electron chi connectivity index (χ4n) is 2.00. The Morgan fingerprint density at radius 1 is 1.33 bits per heavy atom. The Bertz CT molecular complexity index is 463. The molecule has 98 valence electrons. The van der Waals surface area contributed by atoms with E-state index in [9.17, 15) is 18.0 Å². The summed E-state index contributed by atoms with van der Waals surface area (Å²) in [7, 11) is 1.35. The summed E-state index contributed by atoms with van der Waals surface area (Å²) in [5.74, 6) is -3.41. The van der Waals surface area contributed by atoms with Crippen LogP contribution < -0.4 is 5.32 Å². The molecule has 0 aliphatic heterocycles. The van der Waals surface area contributed by atoms with E-state index in [1.807, 2.05) is 0 Å². The van der Waals surface area contributed by atoms with Gasteiger partial charge in [0.1, 0.15) is 24.1 Å². The third-order valence-corrected chi connectivity index (χ3v) is 2.89. The van der Waals surface area contributed by atoms with Gasteiger partial charge in [0.15, 0.2) is 0 Å². The Morgan fingerprint density at radius 2 is 1.89 bits per heavy atom. The van der Waals surface area contributed by atoms with Gasteiger partial charge in [0.25, 0.3) is 0 Å². The predicted molar refractivity (Wildman–Crippen MR) is 57.2 cm³/mol. The van der Waals surface area contributed by atoms with Gasteiger partial charge in [-0.1, -0.05) is 0 Å². The molecule has 1 fully saturated rings. The standard InChI is InChI=1S/C12H12F3NO2/c1-18-6-10(17)16-12(2-3-12)11-8(14)4-7(13)5-9(11)15/h4-5H,2-3,6H2,1H3,(H,16,17). The maximum atomic E-state index is 13.6. The molecule has 0 aromatic heterocycles. The van der Waals surface area contributed by atoms with Crippen LogP contribution in [0.5, 0.6) is 0 Å². The lowest BCUT2D eigenvalue weighted by molar-refractivity contribution is -0.125. The minimum absolute atomic E-state index is 0.188. The van der Waals surface area contributed by atoms with E-state index >= 15 is 0 Å². The summed E-state index contributed by atoms with van der Waals surface area (Å²) >= 11 is 0. The van der Waals surface area contributed by atoms with E-state index in [4.69, 9.17) is 0 Å². The largest absolute Gasteiger partial charge is 0.375 e. The highest BCUT2D eigenvalue weighted by atomic mass is 19.1. The molecule has 0 bridgehead atoms. The number of carbonyl (C=O) groups excluding carboxylic acids is 1. The first-order chi connectivity index (χ1) is 8.48. The van der Waals surface area contributed by atoms with E-state index in [0.29, 0.717) is 25.0 Å². The van der Waals surface area contributed by atoms with E-state index in [1.54, 1.807) is 0 Å². The number of halogens is 3. The zero-order valence-corrected chi connectivity index (χ0v) is 9.73. The molecule has 2 rings (SSSR count). The summed E-state index contributed by atoms with van der Waals surface area (Å²) in [4.78, 5) is 11.4. The van der Waals surface area contributed by atoms with Gasteiger partial charge in [-0.3, -0.25) is 4.79 Å². The van der Waals surface area contributed by atoms with Crippen LogP contribution in [0.4, 0.5) is 13.2 Å². The number of carbonyl (C=O) groups is 1. The molecular weight excluding hydrogens is 247 g/mol. The second kappa shape index (κ2) is 4.61. The van der Waals surface area contributed by atoms with Gasteiger partial charge in [0, 0.05) is 24.8 Å². The Kier molecular flexibility index (Phi) is 3.30. The number of hydrogen-bond donors (Lipinski definition) is 1. The van der Waals surface area contributed by atoms with E-state index < -0.39 is 28.9 Å². The van der Waals surface area contributed by atoms with Gasteiger partial charge < -0.3 is 10.1 Å². The van der Waals surface area contributed by atoms with Crippen LogP contribution in [0.25, 0.3) is 0 Å². The molecule has 1 aliphatic carbocycles. The average molecular weight is 259 g/mol. The maximum Gasteiger partial charge on any atom is 0.246 e. The molecule has 1 amide bonds. The van der Waals surface area contributed by atoms with Crippen molar-refractivity contribution in [2.75, 3.05) is 13.7 Å². The van der Waals surface area contributed by atoms with E-state index in [1.165, 1.54) is 7.11 Å². The van der Waals surface area contributed by atoms with Crippen molar-refractivity contribution in [2.45, 2.75) is 18.4 Å². The molecule has 1 aromatic carbocycles. The lowest BCUT2D eigenvalue weighted by Gasteiger charge is -2.19. The lowest BCUT2D eigenvalue weighted by Crippen LogP contribution is -2.38. The van der Waals surface area contributed by atoms with Gasteiger partial charge >= 0.3 is 0 Å². The molecule has 0 heterocycles. The van der Waals surface area contributed by atoms with Gasteiger partial charge in [-0.25, -0.2) is 13.2 Å². The van der Waals surface area contributed by atoms with E-state index in [0.717, 1.165) is 0 Å². The highest BCUT2D eigenvalue weighted by Crippen LogP contribution is 2.47. The Morgan fingerprint density at radius 3 is 2.33 bits per heavy atom. The van der Waals surface area contributed by atoms with Crippen molar-refractivity contribution in [3.05, 3.63) is 35.1 Å². The Balaban J connectivity index is 2.28. The molecule has 1 saturated carbocycles. The summed E-state index contributed by atoms with van der Waals surface area (Å²) in [5, 5.41) is 2.52. The molecule has 0 spiro atoms. The van der Waals surface area contributed by atoms with Crippen molar-refractivity contribution in [3.8, 4) is 0 Å². The van der Waals surface area contributed by atoms with Crippen LogP contribution in [-0.2, 0) is 15.1 Å². The minimum atomic E-state index is -1.06. The van der Waals surface area contributed by atoms with Gasteiger partial charge in [-0.2, -0.15) is 0 Å². The third-order valence-electron chi connectivity index (χ3n) is 2.89. The van der Waals surface area contributed by atoms with E-state index in [2.05, 4.69) is 10.1 Å². The molecule has 1 aliphatic rings. The van der Waals surface area contributed by atoms with Crippen molar-refractivity contribution >= 4 is 5.91 Å². The van der Waals surface area contributed by atoms with Gasteiger partial charge in [-0.15, -0.1) is 0 Å². The number of ether oxygens (including phenoxy) is 1. The molecule has 1 N–H and O–H groups in total. The van der Waals surface area contributed by atoms with Gasteiger partial charge in [0.2, 0.25) is 5.91 Å². The molecule has 3 nitrogen and oxygen atoms in total. The second-order valence-corrected chi connectivity index (χ2v) is 4.31. The topological polar surface area (TPSA) is 38.3 Å². The van der Waals surface area contributed by atoms with Crippen LogP contribution >= 0.6 is 0 Å². The maximum absolute atomic E-state index is 13.6. The van der Waals surface area contributed by atoms with Crippen molar-refractivity contribution in [1.82, 2.24) is 5.32 Å². The highest BCUT2D eigenvalue weighted by Gasteiger charge is 2.49. The molecule has 0 atom stereocenters. The quantitative estimate of drug-likeness (QED) is 0.896. The second-order valence-electron chi connectivity index (χ2n) is 4.31. The molecule has 6 heteroatoms. The molecule has 1 aromatic rings. The third kappa shape index (κ3) is 2.33. The van der Waals surface area contributed by atoms with Crippen molar-refractivity contribution in [2.24, 2.45) is 0 Å². The smallest absolute Gasteiger partial charge is 0.246 e. The first kappa shape index (κ1) is 12.9. The number of rotatable bonds is 4. The van der Waals surface area contributed by atoms with Crippen LogP contribution in [0.1, 0.15) is 18.4 Å². The Labute approximate surface area is 102 Å². The molecule has 0 saturated heterocycles. The average Bonchev–Trinajstić information content (AvgIpc) is 2.96. The highest BCUT2D eigenvalue weighted by molar-refractivity contribution is 5.78. The SMILES string of the molecule is COCC(=O)NC1(c2c(F)cc(F)cc2F)CC1. The summed E-state index contributed by atoms with van der Waals surface area (Å²) in [6.45, 7) is -0.188. The zero-order valence-electron chi connectivity index (χ0n) is 9.73. The van der Waals surface area contributed by atoms with Crippen molar-refractivity contribution in [3.63, 3.8) is 0 Å². The number of benzene rings is 1. The van der Waals surface area contributed by atoms with Crippen molar-refractivity contribution < 1.29 is 22.7 Å². The van der Waals surface area contributed by atoms with Crippen LogP contribution in [0.15, 0.2) is 12.1 Å². The van der Waals surface area contributed by atoms with Gasteiger partial charge in [0.05, 0.1) is 5.54 Å². The molecule has 18 heavy (non-hydrogen) atoms. The first-order valence-corrected chi connectivity index (χ1v) is 5.43. The Hall–Kier alpha value is -1.56. The molecule has 0 unspecified atom stereocenters. The summed E-state index contributed by atoms with van der Waals surface area (Å²) < 4.78 is 44.7. The van der Waals surface area contributed by atoms with Crippen LogP contribution in [0, 0.1) is 17.5 Å². The number of amides is 1. The summed E-state index contributed by atoms with van der Waals surface area (Å²) in [6, 6.07) is 1.22. The fraction of sp³-hybridized carbons (Fsp3) is 0.417. The van der Waals surface area contributed by atoms with Crippen LogP contribution in [0.3, 0.4) is 0 Å². The molecule has 0 radical (unpaired) electrons. The normalized spacial score (nSPS) is 16.4. The monoisotopic (exact) mass is 259 g/mol. The van der Waals surface area contributed by atoms with Gasteiger partial charge in [-0.05, 0) is 12.8 Å². The number of methoxy groups -OCH3 is 1. The predicted octanol–water partition coefficient (Wildman–Crippen LogP) is 1.86. The number of nitrogens with one attached hydrogen (secondary N) is 1. The number of hydrogen-bond acceptors (Lipinski definition) is 2. The lowest BCUT2D eigenvalue weighted by atomic mass is 10.0. The fourth-order valence-corrected chi connectivity index (χ4v) is 2.00. The summed E-state index contributed by atoms with van der Waals surface area (Å²) in [6.07, 6.45) is 0.837. The zero-order chi connectivity index (χ0) is 13.3. The van der Waals surface area contributed by atoms with Crippen LogP contribution in [0.2, 0.25) is 0 Å². The summed E-state index contributed by atoms with van der Waals surface area (Å²) in [5.41, 5.74) is -1.34.